The van der Waals surface area contributed by atoms with Gasteiger partial charge in [0.15, 0.2) is 0 Å². The van der Waals surface area contributed by atoms with Crippen LogP contribution in [0, 0.1) is 11.6 Å². The van der Waals surface area contributed by atoms with Crippen molar-refractivity contribution in [2.45, 2.75) is 0 Å². The van der Waals surface area contributed by atoms with E-state index in [0.29, 0.717) is 22.5 Å². The fourth-order valence-corrected chi connectivity index (χ4v) is 2.49. The monoisotopic (exact) mass is 300 g/mol. The Hall–Kier alpha value is -2.69. The Morgan fingerprint density at radius 3 is 2.27 bits per heavy atom. The molecule has 22 heavy (non-hydrogen) atoms. The summed E-state index contributed by atoms with van der Waals surface area (Å²) >= 11 is 0. The molecule has 0 aromatic heterocycles. The first-order valence-electron chi connectivity index (χ1n) is 6.75. The van der Waals surface area contributed by atoms with Crippen molar-refractivity contribution in [2.75, 3.05) is 19.0 Å². The quantitative estimate of drug-likeness (QED) is 0.792. The number of anilines is 2. The largest absolute Gasteiger partial charge is 0.383 e. The molecule has 1 amide bonds. The lowest BCUT2D eigenvalue weighted by atomic mass is 10.1. The maximum atomic E-state index is 13.6. The number of nitrogens with zero attached hydrogens (tertiary/aromatic N) is 2. The first-order chi connectivity index (χ1) is 10.5. The van der Waals surface area contributed by atoms with E-state index in [4.69, 9.17) is 0 Å². The Morgan fingerprint density at radius 2 is 1.64 bits per heavy atom. The molecule has 0 atom stereocenters. The third-order valence-electron chi connectivity index (χ3n) is 3.40. The van der Waals surface area contributed by atoms with Gasteiger partial charge in [-0.2, -0.15) is 0 Å². The van der Waals surface area contributed by atoms with E-state index >= 15 is 0 Å². The molecule has 0 N–H and O–H groups in total. The highest BCUT2D eigenvalue weighted by Crippen LogP contribution is 2.41. The maximum absolute atomic E-state index is 13.6. The molecule has 0 aliphatic carbocycles. The van der Waals surface area contributed by atoms with E-state index in [1.807, 2.05) is 0 Å². The van der Waals surface area contributed by atoms with Crippen LogP contribution >= 0.6 is 0 Å². The minimum absolute atomic E-state index is 0.263. The van der Waals surface area contributed by atoms with Gasteiger partial charge in [-0.05, 0) is 42.5 Å². The van der Waals surface area contributed by atoms with Crippen LogP contribution < -0.4 is 4.90 Å². The number of carbonyl (C=O) groups is 1. The molecule has 0 saturated heterocycles. The molecule has 5 heteroatoms. The molecule has 1 heterocycles. The Bertz CT molecular complexity index is 767. The topological polar surface area (TPSA) is 23.6 Å². The van der Waals surface area contributed by atoms with Crippen LogP contribution in [0.15, 0.2) is 48.7 Å². The number of rotatable bonds is 2. The molecule has 1 aliphatic rings. The number of hydrogen-bond acceptors (Lipinski definition) is 2. The van der Waals surface area contributed by atoms with E-state index in [1.165, 1.54) is 41.3 Å². The maximum Gasteiger partial charge on any atom is 0.265 e. The zero-order chi connectivity index (χ0) is 15.9. The van der Waals surface area contributed by atoms with E-state index in [9.17, 15) is 13.6 Å². The number of hydrogen-bond donors (Lipinski definition) is 0. The van der Waals surface area contributed by atoms with Gasteiger partial charge in [-0.15, -0.1) is 0 Å². The molecule has 2 aromatic carbocycles. The lowest BCUT2D eigenvalue weighted by molar-refractivity contribution is -0.112. The smallest absolute Gasteiger partial charge is 0.265 e. The van der Waals surface area contributed by atoms with Crippen molar-refractivity contribution >= 4 is 22.9 Å². The Kier molecular flexibility index (Phi) is 3.41. The van der Waals surface area contributed by atoms with Crippen LogP contribution in [0.3, 0.4) is 0 Å². The number of amides is 1. The lowest BCUT2D eigenvalue weighted by Gasteiger charge is -2.17. The van der Waals surface area contributed by atoms with Crippen molar-refractivity contribution in [1.29, 1.82) is 0 Å². The van der Waals surface area contributed by atoms with Crippen molar-refractivity contribution in [3.05, 3.63) is 65.9 Å². The zero-order valence-electron chi connectivity index (χ0n) is 12.2. The van der Waals surface area contributed by atoms with Crippen LogP contribution in [0.2, 0.25) is 0 Å². The summed E-state index contributed by atoms with van der Waals surface area (Å²) in [5.41, 5.74) is 2.07. The molecule has 3 nitrogen and oxygen atoms in total. The van der Waals surface area contributed by atoms with Gasteiger partial charge in [-0.1, -0.05) is 0 Å². The summed E-state index contributed by atoms with van der Waals surface area (Å²) in [5.74, 6) is -1.04. The van der Waals surface area contributed by atoms with E-state index in [2.05, 4.69) is 0 Å². The molecule has 2 aromatic rings. The minimum atomic E-state index is -0.405. The second-order valence-corrected chi connectivity index (χ2v) is 5.28. The number of fused-ring (bicyclic) bond motifs is 1. The van der Waals surface area contributed by atoms with E-state index < -0.39 is 5.82 Å². The van der Waals surface area contributed by atoms with Gasteiger partial charge in [0.2, 0.25) is 0 Å². The van der Waals surface area contributed by atoms with Crippen LogP contribution in [0.4, 0.5) is 20.2 Å². The van der Waals surface area contributed by atoms with Gasteiger partial charge in [-0.3, -0.25) is 9.69 Å². The molecule has 0 saturated carbocycles. The second kappa shape index (κ2) is 5.26. The van der Waals surface area contributed by atoms with Crippen LogP contribution in [-0.2, 0) is 4.79 Å². The summed E-state index contributed by atoms with van der Waals surface area (Å²) in [6.45, 7) is 0. The third-order valence-corrected chi connectivity index (χ3v) is 3.40. The molecule has 112 valence electrons. The minimum Gasteiger partial charge on any atom is -0.383 e. The fraction of sp³-hybridized carbons (Fsp3) is 0.118. The highest BCUT2D eigenvalue weighted by atomic mass is 19.1. The van der Waals surface area contributed by atoms with E-state index in [-0.39, 0.29) is 11.7 Å². The number of benzene rings is 2. The van der Waals surface area contributed by atoms with Gasteiger partial charge in [0, 0.05) is 31.5 Å². The molecular weight excluding hydrogens is 286 g/mol. The highest BCUT2D eigenvalue weighted by Gasteiger charge is 2.34. The molecule has 3 rings (SSSR count). The SMILES string of the molecule is CN(C)/C=C1\C(=O)N(c2ccc(F)cc2)c2ccc(F)cc21. The van der Waals surface area contributed by atoms with E-state index in [1.54, 1.807) is 31.3 Å². The highest BCUT2D eigenvalue weighted by molar-refractivity contribution is 6.34. The summed E-state index contributed by atoms with van der Waals surface area (Å²) in [7, 11) is 3.58. The predicted octanol–water partition coefficient (Wildman–Crippen LogP) is 3.55. The van der Waals surface area contributed by atoms with Gasteiger partial charge in [0.25, 0.3) is 5.91 Å². The average Bonchev–Trinajstić information content (AvgIpc) is 2.72. The fourth-order valence-electron chi connectivity index (χ4n) is 2.49. The van der Waals surface area contributed by atoms with Gasteiger partial charge < -0.3 is 4.90 Å². The summed E-state index contributed by atoms with van der Waals surface area (Å²) in [4.78, 5) is 15.9. The van der Waals surface area contributed by atoms with Gasteiger partial charge in [0.05, 0.1) is 11.3 Å². The predicted molar refractivity (Wildman–Crippen MR) is 81.6 cm³/mol. The first-order valence-corrected chi connectivity index (χ1v) is 6.75. The molecule has 0 bridgehead atoms. The summed E-state index contributed by atoms with van der Waals surface area (Å²) in [6, 6.07) is 9.84. The van der Waals surface area contributed by atoms with Gasteiger partial charge in [0.1, 0.15) is 11.6 Å². The van der Waals surface area contributed by atoms with Crippen molar-refractivity contribution in [3.63, 3.8) is 0 Å². The first kappa shape index (κ1) is 14.3. The standard InChI is InChI=1S/C17H14F2N2O/c1-20(2)10-15-14-9-12(19)5-8-16(14)21(17(15)22)13-6-3-11(18)4-7-13/h3-10H,1-2H3/b15-10-. The molecule has 0 radical (unpaired) electrons. The van der Waals surface area contributed by atoms with Crippen molar-refractivity contribution in [1.82, 2.24) is 4.90 Å². The van der Waals surface area contributed by atoms with Crippen LogP contribution in [0.5, 0.6) is 0 Å². The Balaban J connectivity index is 2.18. The number of halogens is 2. The summed E-state index contributed by atoms with van der Waals surface area (Å²) < 4.78 is 26.7. The van der Waals surface area contributed by atoms with Gasteiger partial charge >= 0.3 is 0 Å². The van der Waals surface area contributed by atoms with Crippen molar-refractivity contribution in [2.24, 2.45) is 0 Å². The van der Waals surface area contributed by atoms with Crippen LogP contribution in [0.25, 0.3) is 5.57 Å². The lowest BCUT2D eigenvalue weighted by Crippen LogP contribution is -2.21. The third kappa shape index (κ3) is 2.35. The summed E-state index contributed by atoms with van der Waals surface area (Å²) in [6.07, 6.45) is 1.66. The van der Waals surface area contributed by atoms with Crippen LogP contribution in [-0.4, -0.2) is 24.9 Å². The Labute approximate surface area is 127 Å². The van der Waals surface area contributed by atoms with Crippen LogP contribution in [0.1, 0.15) is 5.56 Å². The molecule has 1 aliphatic heterocycles. The molecule has 0 spiro atoms. The molecule has 0 fully saturated rings. The van der Waals surface area contributed by atoms with Crippen molar-refractivity contribution in [3.8, 4) is 0 Å². The molecular formula is C17H14F2N2O. The zero-order valence-corrected chi connectivity index (χ0v) is 12.2. The second-order valence-electron chi connectivity index (χ2n) is 5.28. The average molecular weight is 300 g/mol. The molecule has 0 unspecified atom stereocenters. The Morgan fingerprint density at radius 1 is 1.00 bits per heavy atom. The normalized spacial score (nSPS) is 15.4. The van der Waals surface area contributed by atoms with E-state index in [0.717, 1.165) is 0 Å². The summed E-state index contributed by atoms with van der Waals surface area (Å²) in [5, 5.41) is 0. The number of carbonyl (C=O) groups excluding carboxylic acids is 1. The van der Waals surface area contributed by atoms with Gasteiger partial charge in [-0.25, -0.2) is 8.78 Å². The van der Waals surface area contributed by atoms with Crippen molar-refractivity contribution < 1.29 is 13.6 Å².